The lowest BCUT2D eigenvalue weighted by Gasteiger charge is -2.07. The number of esters is 1. The highest BCUT2D eigenvalue weighted by molar-refractivity contribution is 6.31. The third-order valence-electron chi connectivity index (χ3n) is 3.31. The number of aryl methyl sites for hydroxylation is 1. The summed E-state index contributed by atoms with van der Waals surface area (Å²) < 4.78 is 10.4. The fourth-order valence-corrected chi connectivity index (χ4v) is 2.47. The van der Waals surface area contributed by atoms with Gasteiger partial charge in [-0.15, -0.1) is 0 Å². The highest BCUT2D eigenvalue weighted by atomic mass is 35.5. The van der Waals surface area contributed by atoms with Crippen molar-refractivity contribution in [2.45, 2.75) is 6.92 Å². The topological polar surface area (TPSA) is 51.5 Å². The Hall–Kier alpha value is -2.46. The number of nitrogens with one attached hydrogen (secondary N) is 1. The lowest BCUT2D eigenvalue weighted by atomic mass is 10.2. The molecule has 0 amide bonds. The van der Waals surface area contributed by atoms with Gasteiger partial charge in [0, 0.05) is 16.1 Å². The molecule has 0 unspecified atom stereocenters. The Morgan fingerprint density at radius 3 is 2.77 bits per heavy atom. The van der Waals surface area contributed by atoms with Crippen LogP contribution in [0, 0.1) is 6.92 Å². The number of methoxy groups -OCH3 is 1. The number of ether oxygens (including phenoxy) is 1. The molecule has 0 fully saturated rings. The van der Waals surface area contributed by atoms with Crippen molar-refractivity contribution in [2.24, 2.45) is 0 Å². The van der Waals surface area contributed by atoms with Crippen molar-refractivity contribution in [1.29, 1.82) is 0 Å². The summed E-state index contributed by atoms with van der Waals surface area (Å²) in [7, 11) is 1.32. The second kappa shape index (κ2) is 5.73. The number of fused-ring (bicyclic) bond motifs is 1. The number of rotatable bonds is 3. The van der Waals surface area contributed by atoms with Gasteiger partial charge in [-0.1, -0.05) is 23.7 Å². The maximum absolute atomic E-state index is 12.0. The maximum Gasteiger partial charge on any atom is 0.376 e. The van der Waals surface area contributed by atoms with Crippen LogP contribution in [0.4, 0.5) is 11.4 Å². The Balaban J connectivity index is 2.16. The van der Waals surface area contributed by atoms with Gasteiger partial charge in [-0.2, -0.15) is 0 Å². The standard InChI is InChI=1S/C17H14ClNO3/c1-10-4-3-5-12(8-10)19-15-13-9-11(18)6-7-14(13)22-16(15)17(20)21-2/h3-9,19H,1-2H3. The van der Waals surface area contributed by atoms with Gasteiger partial charge >= 0.3 is 5.97 Å². The van der Waals surface area contributed by atoms with E-state index in [1.807, 2.05) is 31.2 Å². The van der Waals surface area contributed by atoms with Crippen LogP contribution in [-0.2, 0) is 4.74 Å². The van der Waals surface area contributed by atoms with Crippen LogP contribution in [0.25, 0.3) is 11.0 Å². The van der Waals surface area contributed by atoms with E-state index in [2.05, 4.69) is 5.32 Å². The van der Waals surface area contributed by atoms with Crippen LogP contribution in [0.1, 0.15) is 16.1 Å². The number of anilines is 2. The Labute approximate surface area is 132 Å². The molecule has 0 saturated heterocycles. The zero-order chi connectivity index (χ0) is 15.7. The molecule has 5 heteroatoms. The van der Waals surface area contributed by atoms with Gasteiger partial charge in [-0.25, -0.2) is 4.79 Å². The van der Waals surface area contributed by atoms with E-state index in [-0.39, 0.29) is 5.76 Å². The van der Waals surface area contributed by atoms with Crippen molar-refractivity contribution >= 4 is 39.9 Å². The van der Waals surface area contributed by atoms with Gasteiger partial charge in [0.1, 0.15) is 11.3 Å². The highest BCUT2D eigenvalue weighted by Gasteiger charge is 2.21. The van der Waals surface area contributed by atoms with Crippen LogP contribution in [0.5, 0.6) is 0 Å². The molecule has 0 aliphatic rings. The first-order valence-electron chi connectivity index (χ1n) is 6.72. The Morgan fingerprint density at radius 1 is 1.23 bits per heavy atom. The molecule has 1 heterocycles. The van der Waals surface area contributed by atoms with E-state index >= 15 is 0 Å². The van der Waals surface area contributed by atoms with Crippen LogP contribution >= 0.6 is 11.6 Å². The van der Waals surface area contributed by atoms with Crippen molar-refractivity contribution in [1.82, 2.24) is 0 Å². The van der Waals surface area contributed by atoms with Gasteiger partial charge in [0.05, 0.1) is 7.11 Å². The summed E-state index contributed by atoms with van der Waals surface area (Å²) in [5.41, 5.74) is 3.08. The largest absolute Gasteiger partial charge is 0.463 e. The Morgan fingerprint density at radius 2 is 2.05 bits per heavy atom. The molecule has 3 aromatic rings. The van der Waals surface area contributed by atoms with E-state index in [1.54, 1.807) is 18.2 Å². The van der Waals surface area contributed by atoms with Crippen LogP contribution in [0.2, 0.25) is 5.02 Å². The van der Waals surface area contributed by atoms with Crippen molar-refractivity contribution in [3.05, 3.63) is 58.8 Å². The quantitative estimate of drug-likeness (QED) is 0.697. The molecule has 1 N–H and O–H groups in total. The average Bonchev–Trinajstić information content (AvgIpc) is 2.85. The molecule has 0 atom stereocenters. The molecular weight excluding hydrogens is 302 g/mol. The molecule has 3 rings (SSSR count). The zero-order valence-electron chi connectivity index (χ0n) is 12.1. The van der Waals surface area contributed by atoms with Gasteiger partial charge in [0.25, 0.3) is 0 Å². The maximum atomic E-state index is 12.0. The molecule has 0 spiro atoms. The number of carbonyl (C=O) groups is 1. The summed E-state index contributed by atoms with van der Waals surface area (Å²) >= 11 is 6.06. The normalized spacial score (nSPS) is 10.7. The minimum absolute atomic E-state index is 0.126. The predicted octanol–water partition coefficient (Wildman–Crippen LogP) is 4.92. The summed E-state index contributed by atoms with van der Waals surface area (Å²) in [5.74, 6) is -0.413. The molecule has 112 valence electrons. The smallest absolute Gasteiger partial charge is 0.376 e. The fraction of sp³-hybridized carbons (Fsp3) is 0.118. The molecule has 0 saturated carbocycles. The number of benzene rings is 2. The van der Waals surface area contributed by atoms with E-state index in [0.29, 0.717) is 16.3 Å². The van der Waals surface area contributed by atoms with Crippen LogP contribution in [0.3, 0.4) is 0 Å². The van der Waals surface area contributed by atoms with Crippen molar-refractivity contribution in [3.63, 3.8) is 0 Å². The van der Waals surface area contributed by atoms with E-state index in [1.165, 1.54) is 7.11 Å². The predicted molar refractivity (Wildman–Crippen MR) is 87.0 cm³/mol. The molecule has 22 heavy (non-hydrogen) atoms. The van der Waals surface area contributed by atoms with Crippen LogP contribution in [-0.4, -0.2) is 13.1 Å². The summed E-state index contributed by atoms with van der Waals surface area (Å²) in [6.45, 7) is 2.00. The zero-order valence-corrected chi connectivity index (χ0v) is 12.9. The van der Waals surface area contributed by atoms with Gasteiger partial charge in [0.2, 0.25) is 5.76 Å². The molecular formula is C17H14ClNO3. The molecule has 2 aromatic carbocycles. The number of hydrogen-bond acceptors (Lipinski definition) is 4. The number of furan rings is 1. The van der Waals surface area contributed by atoms with Crippen LogP contribution < -0.4 is 5.32 Å². The summed E-state index contributed by atoms with van der Waals surface area (Å²) in [5, 5.41) is 4.52. The fourth-order valence-electron chi connectivity index (χ4n) is 2.30. The van der Waals surface area contributed by atoms with Crippen molar-refractivity contribution < 1.29 is 13.9 Å². The molecule has 0 radical (unpaired) electrons. The number of carbonyl (C=O) groups excluding carboxylic acids is 1. The first kappa shape index (κ1) is 14.5. The SMILES string of the molecule is COC(=O)c1oc2ccc(Cl)cc2c1Nc1cccc(C)c1. The molecule has 4 nitrogen and oxygen atoms in total. The first-order chi connectivity index (χ1) is 10.6. The lowest BCUT2D eigenvalue weighted by molar-refractivity contribution is 0.0569. The van der Waals surface area contributed by atoms with Gasteiger partial charge < -0.3 is 14.5 Å². The molecule has 1 aromatic heterocycles. The minimum Gasteiger partial charge on any atom is -0.463 e. The molecule has 0 bridgehead atoms. The first-order valence-corrected chi connectivity index (χ1v) is 7.10. The van der Waals surface area contributed by atoms with Gasteiger partial charge in [-0.05, 0) is 42.8 Å². The molecule has 0 aliphatic heterocycles. The van der Waals surface area contributed by atoms with E-state index in [0.717, 1.165) is 16.6 Å². The second-order valence-electron chi connectivity index (χ2n) is 4.93. The Kier molecular flexibility index (Phi) is 3.77. The van der Waals surface area contributed by atoms with E-state index in [4.69, 9.17) is 20.8 Å². The van der Waals surface area contributed by atoms with Crippen molar-refractivity contribution in [3.8, 4) is 0 Å². The highest BCUT2D eigenvalue weighted by Crippen LogP contribution is 2.35. The van der Waals surface area contributed by atoms with E-state index < -0.39 is 5.97 Å². The summed E-state index contributed by atoms with van der Waals surface area (Å²) in [6.07, 6.45) is 0. The third kappa shape index (κ3) is 2.65. The van der Waals surface area contributed by atoms with Crippen LogP contribution in [0.15, 0.2) is 46.9 Å². The Bertz CT molecular complexity index is 854. The van der Waals surface area contributed by atoms with Gasteiger partial charge in [0.15, 0.2) is 0 Å². The lowest BCUT2D eigenvalue weighted by Crippen LogP contribution is -2.03. The summed E-state index contributed by atoms with van der Waals surface area (Å²) in [6, 6.07) is 13.0. The van der Waals surface area contributed by atoms with Crippen molar-refractivity contribution in [2.75, 3.05) is 12.4 Å². The number of hydrogen-bond donors (Lipinski definition) is 1. The summed E-state index contributed by atoms with van der Waals surface area (Å²) in [4.78, 5) is 12.0. The third-order valence-corrected chi connectivity index (χ3v) is 3.54. The monoisotopic (exact) mass is 315 g/mol. The molecule has 0 aliphatic carbocycles. The second-order valence-corrected chi connectivity index (χ2v) is 5.37. The minimum atomic E-state index is -0.539. The van der Waals surface area contributed by atoms with Gasteiger partial charge in [-0.3, -0.25) is 0 Å². The average molecular weight is 316 g/mol. The van der Waals surface area contributed by atoms with E-state index in [9.17, 15) is 4.79 Å². The number of halogens is 1.